The summed E-state index contributed by atoms with van der Waals surface area (Å²) >= 11 is 0. The van der Waals surface area contributed by atoms with Crippen molar-refractivity contribution < 1.29 is 8.91 Å². The van der Waals surface area contributed by atoms with Crippen LogP contribution in [0, 0.1) is 19.7 Å². The van der Waals surface area contributed by atoms with E-state index >= 15 is 0 Å². The van der Waals surface area contributed by atoms with Crippen molar-refractivity contribution in [1.29, 1.82) is 0 Å². The second-order valence-corrected chi connectivity index (χ2v) is 6.05. The second-order valence-electron chi connectivity index (χ2n) is 6.05. The fourth-order valence-corrected chi connectivity index (χ4v) is 2.69. The monoisotopic (exact) mass is 328 g/mol. The van der Waals surface area contributed by atoms with Gasteiger partial charge in [-0.05, 0) is 55.3 Å². The number of hydrogen-bond donors (Lipinski definition) is 1. The highest BCUT2D eigenvalue weighted by Gasteiger charge is 2.30. The van der Waals surface area contributed by atoms with Gasteiger partial charge in [-0.1, -0.05) is 5.16 Å². The van der Waals surface area contributed by atoms with Crippen LogP contribution >= 0.6 is 0 Å². The van der Waals surface area contributed by atoms with E-state index in [2.05, 4.69) is 26.0 Å². The molecule has 0 spiro atoms. The molecule has 0 atom stereocenters. The van der Waals surface area contributed by atoms with Gasteiger partial charge in [0.25, 0.3) is 0 Å². The minimum Gasteiger partial charge on any atom is -0.381 e. The van der Waals surface area contributed by atoms with E-state index in [0.29, 0.717) is 18.2 Å². The first-order chi connectivity index (χ1) is 11.6. The first kappa shape index (κ1) is 14.8. The predicted molar refractivity (Wildman–Crippen MR) is 84.4 cm³/mol. The smallest absolute Gasteiger partial charge is 0.159 e. The molecule has 0 unspecified atom stereocenters. The number of hydrogen-bond acceptors (Lipinski definition) is 6. The van der Waals surface area contributed by atoms with Crippen LogP contribution in [0.4, 0.5) is 10.1 Å². The first-order valence-electron chi connectivity index (χ1n) is 7.87. The van der Waals surface area contributed by atoms with Crippen molar-refractivity contribution in [2.45, 2.75) is 39.2 Å². The van der Waals surface area contributed by atoms with Crippen LogP contribution in [0.2, 0.25) is 0 Å². The highest BCUT2D eigenvalue weighted by molar-refractivity contribution is 5.52. The summed E-state index contributed by atoms with van der Waals surface area (Å²) in [6, 6.07) is 4.83. The highest BCUT2D eigenvalue weighted by atomic mass is 19.1. The molecule has 0 aliphatic heterocycles. The van der Waals surface area contributed by atoms with Gasteiger partial charge in [0, 0.05) is 23.7 Å². The summed E-state index contributed by atoms with van der Waals surface area (Å²) in [5.74, 6) is 1.47. The van der Waals surface area contributed by atoms with Gasteiger partial charge in [-0.2, -0.15) is 4.68 Å². The Morgan fingerprint density at radius 1 is 1.33 bits per heavy atom. The van der Waals surface area contributed by atoms with E-state index in [4.69, 9.17) is 4.52 Å². The average Bonchev–Trinajstić information content (AvgIpc) is 3.22. The maximum Gasteiger partial charge on any atom is 0.159 e. The second kappa shape index (κ2) is 5.70. The van der Waals surface area contributed by atoms with Gasteiger partial charge in [-0.25, -0.2) is 4.39 Å². The van der Waals surface area contributed by atoms with Gasteiger partial charge in [0.1, 0.15) is 17.3 Å². The predicted octanol–water partition coefficient (Wildman–Crippen LogP) is 2.90. The minimum atomic E-state index is -0.355. The Hall–Kier alpha value is -2.77. The molecule has 0 radical (unpaired) electrons. The molecule has 1 fully saturated rings. The molecule has 8 heteroatoms. The molecule has 124 valence electrons. The van der Waals surface area contributed by atoms with Gasteiger partial charge in [0.05, 0.1) is 5.69 Å². The Morgan fingerprint density at radius 2 is 2.17 bits per heavy atom. The van der Waals surface area contributed by atoms with Crippen molar-refractivity contribution in [3.8, 4) is 5.69 Å². The third kappa shape index (κ3) is 2.64. The lowest BCUT2D eigenvalue weighted by atomic mass is 10.2. The number of nitrogens with one attached hydrogen (secondary N) is 1. The summed E-state index contributed by atoms with van der Waals surface area (Å²) in [6.45, 7) is 4.32. The molecule has 1 N–H and O–H groups in total. The molecular weight excluding hydrogens is 311 g/mol. The fraction of sp³-hybridized carbons (Fsp3) is 0.375. The van der Waals surface area contributed by atoms with E-state index in [1.165, 1.54) is 10.7 Å². The topological polar surface area (TPSA) is 81.7 Å². The van der Waals surface area contributed by atoms with E-state index in [1.54, 1.807) is 12.1 Å². The van der Waals surface area contributed by atoms with E-state index in [-0.39, 0.29) is 5.82 Å². The lowest BCUT2D eigenvalue weighted by Crippen LogP contribution is -2.07. The number of rotatable bonds is 5. The largest absolute Gasteiger partial charge is 0.381 e. The lowest BCUT2D eigenvalue weighted by Gasteiger charge is -2.10. The molecule has 1 saturated carbocycles. The van der Waals surface area contributed by atoms with Gasteiger partial charge in [-0.3, -0.25) is 0 Å². The lowest BCUT2D eigenvalue weighted by molar-refractivity contribution is 0.392. The molecule has 2 heterocycles. The van der Waals surface area contributed by atoms with E-state index in [0.717, 1.165) is 41.4 Å². The normalized spacial score (nSPS) is 14.1. The molecule has 4 rings (SSSR count). The number of aromatic nitrogens is 5. The van der Waals surface area contributed by atoms with Crippen LogP contribution in [0.1, 0.15) is 41.6 Å². The molecule has 2 aromatic heterocycles. The molecule has 0 saturated heterocycles. The van der Waals surface area contributed by atoms with Gasteiger partial charge < -0.3 is 9.84 Å². The number of anilines is 1. The zero-order valence-corrected chi connectivity index (χ0v) is 13.5. The summed E-state index contributed by atoms with van der Waals surface area (Å²) in [7, 11) is 0. The van der Waals surface area contributed by atoms with Crippen molar-refractivity contribution >= 4 is 5.69 Å². The SMILES string of the molecule is Cc1noc(C)c1CNc1ccc(F)c(-n2nnnc2C2CC2)c1. The fourth-order valence-electron chi connectivity index (χ4n) is 2.69. The molecule has 1 aromatic carbocycles. The summed E-state index contributed by atoms with van der Waals surface area (Å²) in [6.07, 6.45) is 2.10. The highest BCUT2D eigenvalue weighted by Crippen LogP contribution is 2.39. The van der Waals surface area contributed by atoms with Crippen molar-refractivity contribution in [2.75, 3.05) is 5.32 Å². The van der Waals surface area contributed by atoms with Crippen LogP contribution in [0.3, 0.4) is 0 Å². The maximum absolute atomic E-state index is 14.3. The van der Waals surface area contributed by atoms with Gasteiger partial charge in [0.15, 0.2) is 5.82 Å². The number of halogens is 1. The maximum atomic E-state index is 14.3. The Balaban J connectivity index is 1.60. The Kier molecular flexibility index (Phi) is 3.51. The van der Waals surface area contributed by atoms with Crippen molar-refractivity contribution in [3.05, 3.63) is 46.9 Å². The minimum absolute atomic E-state index is 0.332. The molecule has 1 aliphatic rings. The number of tetrazole rings is 1. The third-order valence-corrected chi connectivity index (χ3v) is 4.26. The van der Waals surface area contributed by atoms with Crippen molar-refractivity contribution in [3.63, 3.8) is 0 Å². The van der Waals surface area contributed by atoms with Crippen LogP contribution in [0.5, 0.6) is 0 Å². The third-order valence-electron chi connectivity index (χ3n) is 4.26. The van der Waals surface area contributed by atoms with E-state index < -0.39 is 0 Å². The zero-order chi connectivity index (χ0) is 16.7. The summed E-state index contributed by atoms with van der Waals surface area (Å²) in [4.78, 5) is 0. The first-order valence-corrected chi connectivity index (χ1v) is 7.87. The Labute approximate surface area is 137 Å². The van der Waals surface area contributed by atoms with Crippen LogP contribution < -0.4 is 5.32 Å². The number of aryl methyl sites for hydroxylation is 2. The van der Waals surface area contributed by atoms with Crippen LogP contribution in [0.15, 0.2) is 22.7 Å². The van der Waals surface area contributed by atoms with Gasteiger partial charge in [0.2, 0.25) is 0 Å². The van der Waals surface area contributed by atoms with E-state index in [9.17, 15) is 4.39 Å². The zero-order valence-electron chi connectivity index (χ0n) is 13.5. The summed E-state index contributed by atoms with van der Waals surface area (Å²) < 4.78 is 20.9. The number of benzene rings is 1. The average molecular weight is 328 g/mol. The molecular formula is C16H17FN6O. The Morgan fingerprint density at radius 3 is 2.88 bits per heavy atom. The molecule has 7 nitrogen and oxygen atoms in total. The summed E-state index contributed by atoms with van der Waals surface area (Å²) in [5, 5.41) is 18.9. The van der Waals surface area contributed by atoms with Gasteiger partial charge >= 0.3 is 0 Å². The standard InChI is InChI=1S/C16H17FN6O/c1-9-13(10(2)24-20-9)8-18-12-5-6-14(17)15(7-12)23-16(11-3-4-11)19-21-22-23/h5-7,11,18H,3-4,8H2,1-2H3. The van der Waals surface area contributed by atoms with Crippen molar-refractivity contribution in [1.82, 2.24) is 25.4 Å². The number of nitrogens with zero attached hydrogens (tertiary/aromatic N) is 5. The molecule has 1 aliphatic carbocycles. The molecule has 24 heavy (non-hydrogen) atoms. The Bertz CT molecular complexity index is 863. The van der Waals surface area contributed by atoms with E-state index in [1.807, 2.05) is 13.8 Å². The molecule has 3 aromatic rings. The molecule has 0 amide bonds. The summed E-state index contributed by atoms with van der Waals surface area (Å²) in [5.41, 5.74) is 2.98. The van der Waals surface area contributed by atoms with Crippen LogP contribution in [0.25, 0.3) is 5.69 Å². The van der Waals surface area contributed by atoms with Crippen LogP contribution in [-0.4, -0.2) is 25.4 Å². The quantitative estimate of drug-likeness (QED) is 0.775. The van der Waals surface area contributed by atoms with Crippen LogP contribution in [-0.2, 0) is 6.54 Å². The molecule has 0 bridgehead atoms. The van der Waals surface area contributed by atoms with Gasteiger partial charge in [-0.15, -0.1) is 5.10 Å². The van der Waals surface area contributed by atoms with Crippen molar-refractivity contribution in [2.24, 2.45) is 0 Å².